The third-order valence-corrected chi connectivity index (χ3v) is 4.23. The van der Waals surface area contributed by atoms with Gasteiger partial charge in [0.1, 0.15) is 0 Å². The number of hydrogen-bond acceptors (Lipinski definition) is 3. The van der Waals surface area contributed by atoms with Crippen molar-refractivity contribution in [2.24, 2.45) is 11.8 Å². The van der Waals surface area contributed by atoms with Crippen LogP contribution in [0, 0.1) is 11.8 Å². The molecule has 1 aliphatic heterocycles. The van der Waals surface area contributed by atoms with Crippen LogP contribution in [0.4, 0.5) is 0 Å². The summed E-state index contributed by atoms with van der Waals surface area (Å²) in [5, 5.41) is 3.68. The van der Waals surface area contributed by atoms with Crippen molar-refractivity contribution in [3.63, 3.8) is 0 Å². The summed E-state index contributed by atoms with van der Waals surface area (Å²) in [6.07, 6.45) is 6.09. The lowest BCUT2D eigenvalue weighted by Crippen LogP contribution is -2.43. The minimum absolute atomic E-state index is 0.290. The van der Waals surface area contributed by atoms with Crippen LogP contribution < -0.4 is 5.32 Å². The van der Waals surface area contributed by atoms with E-state index >= 15 is 0 Å². The summed E-state index contributed by atoms with van der Waals surface area (Å²) >= 11 is 0. The van der Waals surface area contributed by atoms with Gasteiger partial charge in [0.25, 0.3) is 0 Å². The highest BCUT2D eigenvalue weighted by Gasteiger charge is 2.39. The van der Waals surface area contributed by atoms with E-state index < -0.39 is 0 Å². The molecule has 4 atom stereocenters. The molecule has 15 heavy (non-hydrogen) atoms. The van der Waals surface area contributed by atoms with Gasteiger partial charge in [-0.15, -0.1) is 0 Å². The summed E-state index contributed by atoms with van der Waals surface area (Å²) in [5.41, 5.74) is 0. The molecule has 86 valence electrons. The van der Waals surface area contributed by atoms with E-state index in [0.717, 1.165) is 44.2 Å². The van der Waals surface area contributed by atoms with Crippen molar-refractivity contribution in [3.8, 4) is 0 Å². The Balaban J connectivity index is 1.42. The van der Waals surface area contributed by atoms with E-state index in [4.69, 9.17) is 9.47 Å². The third-order valence-electron chi connectivity index (χ3n) is 4.23. The van der Waals surface area contributed by atoms with E-state index in [0.29, 0.717) is 0 Å². The Morgan fingerprint density at radius 2 is 2.13 bits per heavy atom. The van der Waals surface area contributed by atoms with Crippen LogP contribution in [0.3, 0.4) is 0 Å². The molecule has 3 rings (SSSR count). The Bertz CT molecular complexity index is 216. The van der Waals surface area contributed by atoms with E-state index in [-0.39, 0.29) is 6.10 Å². The zero-order valence-corrected chi connectivity index (χ0v) is 9.28. The van der Waals surface area contributed by atoms with Crippen molar-refractivity contribution in [2.45, 2.75) is 37.8 Å². The second-order valence-electron chi connectivity index (χ2n) is 5.26. The number of nitrogens with one attached hydrogen (secondary N) is 1. The highest BCUT2D eigenvalue weighted by molar-refractivity contribution is 4.94. The molecule has 3 aliphatic rings. The van der Waals surface area contributed by atoms with Gasteiger partial charge in [-0.25, -0.2) is 0 Å². The molecule has 0 aromatic heterocycles. The SMILES string of the molecule is C1COC(CNC2CC3CCC2C3)CO1. The third kappa shape index (κ3) is 2.19. The molecule has 1 heterocycles. The van der Waals surface area contributed by atoms with Gasteiger partial charge in [0.05, 0.1) is 25.9 Å². The molecule has 2 bridgehead atoms. The van der Waals surface area contributed by atoms with Crippen LogP contribution in [0.25, 0.3) is 0 Å². The van der Waals surface area contributed by atoms with Crippen molar-refractivity contribution in [1.82, 2.24) is 5.32 Å². The summed E-state index contributed by atoms with van der Waals surface area (Å²) in [4.78, 5) is 0. The van der Waals surface area contributed by atoms with Crippen molar-refractivity contribution >= 4 is 0 Å². The molecule has 0 radical (unpaired) electrons. The number of hydrogen-bond donors (Lipinski definition) is 1. The quantitative estimate of drug-likeness (QED) is 0.760. The second-order valence-corrected chi connectivity index (χ2v) is 5.26. The lowest BCUT2D eigenvalue weighted by atomic mass is 9.95. The first-order valence-corrected chi connectivity index (χ1v) is 6.34. The van der Waals surface area contributed by atoms with Gasteiger partial charge in [0, 0.05) is 12.6 Å². The maximum absolute atomic E-state index is 5.63. The zero-order valence-electron chi connectivity index (χ0n) is 9.28. The van der Waals surface area contributed by atoms with Crippen LogP contribution in [0.15, 0.2) is 0 Å². The molecular formula is C12H21NO2. The molecule has 2 aliphatic carbocycles. The maximum Gasteiger partial charge on any atom is 0.0933 e. The van der Waals surface area contributed by atoms with Crippen LogP contribution in [0.1, 0.15) is 25.7 Å². The molecule has 2 saturated carbocycles. The number of ether oxygens (including phenoxy) is 2. The lowest BCUT2D eigenvalue weighted by Gasteiger charge is -2.28. The van der Waals surface area contributed by atoms with Crippen molar-refractivity contribution in [3.05, 3.63) is 0 Å². The average molecular weight is 211 g/mol. The standard InChI is InChI=1S/C12H21NO2/c1-2-10-5-9(1)6-12(10)13-7-11-8-14-3-4-15-11/h9-13H,1-8H2. The summed E-state index contributed by atoms with van der Waals surface area (Å²) in [6, 6.07) is 0.772. The minimum atomic E-state index is 0.290. The van der Waals surface area contributed by atoms with E-state index in [1.54, 1.807) is 0 Å². The molecule has 0 aromatic rings. The summed E-state index contributed by atoms with van der Waals surface area (Å²) < 4.78 is 11.0. The van der Waals surface area contributed by atoms with Crippen molar-refractivity contribution < 1.29 is 9.47 Å². The summed E-state index contributed by atoms with van der Waals surface area (Å²) in [7, 11) is 0. The molecule has 0 spiro atoms. The smallest absolute Gasteiger partial charge is 0.0933 e. The Labute approximate surface area is 91.5 Å². The predicted molar refractivity (Wildman–Crippen MR) is 57.8 cm³/mol. The Kier molecular flexibility index (Phi) is 2.95. The maximum atomic E-state index is 5.63. The van der Waals surface area contributed by atoms with Gasteiger partial charge in [0.2, 0.25) is 0 Å². The molecule has 1 N–H and O–H groups in total. The topological polar surface area (TPSA) is 30.5 Å². The summed E-state index contributed by atoms with van der Waals surface area (Å²) in [6.45, 7) is 3.29. The van der Waals surface area contributed by atoms with Crippen LogP contribution >= 0.6 is 0 Å². The fourth-order valence-electron chi connectivity index (χ4n) is 3.43. The Morgan fingerprint density at radius 3 is 2.80 bits per heavy atom. The van der Waals surface area contributed by atoms with Gasteiger partial charge in [0.15, 0.2) is 0 Å². The highest BCUT2D eigenvalue weighted by atomic mass is 16.6. The molecule has 4 unspecified atom stereocenters. The number of rotatable bonds is 3. The van der Waals surface area contributed by atoms with E-state index in [9.17, 15) is 0 Å². The second kappa shape index (κ2) is 4.40. The average Bonchev–Trinajstić information content (AvgIpc) is 2.89. The number of fused-ring (bicyclic) bond motifs is 2. The highest BCUT2D eigenvalue weighted by Crippen LogP contribution is 2.44. The molecular weight excluding hydrogens is 190 g/mol. The fourth-order valence-corrected chi connectivity index (χ4v) is 3.43. The Hall–Kier alpha value is -0.120. The normalized spacial score (nSPS) is 44.8. The van der Waals surface area contributed by atoms with Crippen LogP contribution in [-0.4, -0.2) is 38.5 Å². The van der Waals surface area contributed by atoms with Gasteiger partial charge in [-0.05, 0) is 31.1 Å². The molecule has 0 amide bonds. The first kappa shape index (κ1) is 10.1. The van der Waals surface area contributed by atoms with Gasteiger partial charge in [-0.1, -0.05) is 6.42 Å². The Morgan fingerprint density at radius 1 is 1.13 bits per heavy atom. The molecule has 3 heteroatoms. The van der Waals surface area contributed by atoms with Gasteiger partial charge in [-0.3, -0.25) is 0 Å². The molecule has 0 aromatic carbocycles. The summed E-state index contributed by atoms with van der Waals surface area (Å²) in [5.74, 6) is 1.98. The predicted octanol–water partition coefficient (Wildman–Crippen LogP) is 1.18. The van der Waals surface area contributed by atoms with Gasteiger partial charge >= 0.3 is 0 Å². The first-order valence-electron chi connectivity index (χ1n) is 6.34. The van der Waals surface area contributed by atoms with E-state index in [2.05, 4.69) is 5.32 Å². The monoisotopic (exact) mass is 211 g/mol. The molecule has 1 saturated heterocycles. The van der Waals surface area contributed by atoms with Gasteiger partial charge in [-0.2, -0.15) is 0 Å². The fraction of sp³-hybridized carbons (Fsp3) is 1.00. The zero-order chi connectivity index (χ0) is 10.1. The minimum Gasteiger partial charge on any atom is -0.376 e. The molecule has 3 nitrogen and oxygen atoms in total. The lowest BCUT2D eigenvalue weighted by molar-refractivity contribution is -0.0874. The largest absolute Gasteiger partial charge is 0.376 e. The molecule has 3 fully saturated rings. The van der Waals surface area contributed by atoms with Crippen LogP contribution in [0.2, 0.25) is 0 Å². The van der Waals surface area contributed by atoms with Crippen LogP contribution in [-0.2, 0) is 9.47 Å². The first-order chi connectivity index (χ1) is 7.42. The van der Waals surface area contributed by atoms with Crippen molar-refractivity contribution in [1.29, 1.82) is 0 Å². The van der Waals surface area contributed by atoms with E-state index in [1.807, 2.05) is 0 Å². The van der Waals surface area contributed by atoms with Crippen LogP contribution in [0.5, 0.6) is 0 Å². The van der Waals surface area contributed by atoms with Crippen molar-refractivity contribution in [2.75, 3.05) is 26.4 Å². The van der Waals surface area contributed by atoms with E-state index in [1.165, 1.54) is 25.7 Å². The van der Waals surface area contributed by atoms with Gasteiger partial charge < -0.3 is 14.8 Å².